The van der Waals surface area contributed by atoms with Gasteiger partial charge in [-0.2, -0.15) is 0 Å². The van der Waals surface area contributed by atoms with E-state index in [9.17, 15) is 14.9 Å². The average molecular weight is 234 g/mol. The van der Waals surface area contributed by atoms with Gasteiger partial charge < -0.3 is 0 Å². The monoisotopic (exact) mass is 234 g/mol. The van der Waals surface area contributed by atoms with Crippen molar-refractivity contribution in [3.63, 3.8) is 0 Å². The van der Waals surface area contributed by atoms with E-state index in [0.717, 1.165) is 11.8 Å². The van der Waals surface area contributed by atoms with Gasteiger partial charge in [0.25, 0.3) is 5.69 Å². The van der Waals surface area contributed by atoms with E-state index in [-0.39, 0.29) is 5.69 Å². The van der Waals surface area contributed by atoms with Crippen LogP contribution in [0.25, 0.3) is 10.6 Å². The molecular weight excluding hydrogens is 228 g/mol. The third-order valence-corrected chi connectivity index (χ3v) is 2.94. The van der Waals surface area contributed by atoms with Gasteiger partial charge in [0, 0.05) is 23.9 Å². The zero-order chi connectivity index (χ0) is 11.5. The molecule has 0 N–H and O–H groups in total. The smallest absolute Gasteiger partial charge is 0.269 e. The molecule has 0 spiro atoms. The highest BCUT2D eigenvalue weighted by molar-refractivity contribution is 7.16. The van der Waals surface area contributed by atoms with Crippen molar-refractivity contribution in [1.29, 1.82) is 0 Å². The van der Waals surface area contributed by atoms with Gasteiger partial charge >= 0.3 is 0 Å². The van der Waals surface area contributed by atoms with E-state index in [1.807, 2.05) is 0 Å². The summed E-state index contributed by atoms with van der Waals surface area (Å²) in [6.07, 6.45) is 2.21. The van der Waals surface area contributed by atoms with Gasteiger partial charge in [-0.05, 0) is 12.1 Å². The number of carbonyl (C=O) groups excluding carboxylic acids is 1. The Hall–Kier alpha value is -2.08. The number of hydrogen-bond donors (Lipinski definition) is 0. The Labute approximate surface area is 94.5 Å². The van der Waals surface area contributed by atoms with E-state index in [4.69, 9.17) is 0 Å². The van der Waals surface area contributed by atoms with Crippen LogP contribution in [0.4, 0.5) is 5.69 Å². The summed E-state index contributed by atoms with van der Waals surface area (Å²) in [5.41, 5.74) is 0.805. The summed E-state index contributed by atoms with van der Waals surface area (Å²) in [5, 5.41) is 11.1. The maximum absolute atomic E-state index is 10.5. The molecule has 80 valence electrons. The lowest BCUT2D eigenvalue weighted by atomic mass is 10.2. The van der Waals surface area contributed by atoms with Crippen LogP contribution in [0.15, 0.2) is 30.5 Å². The number of aromatic nitrogens is 1. The number of carbonyl (C=O) groups is 1. The number of aldehydes is 1. The van der Waals surface area contributed by atoms with Crippen LogP contribution >= 0.6 is 11.3 Å². The zero-order valence-electron chi connectivity index (χ0n) is 7.99. The fraction of sp³-hybridized carbons (Fsp3) is 0. The standard InChI is InChI=1S/C10H6N2O3S/c13-6-9-5-11-10(16-9)7-1-3-8(4-2-7)12(14)15/h1-6H. The molecule has 1 heterocycles. The van der Waals surface area contributed by atoms with E-state index in [1.165, 1.54) is 29.7 Å². The van der Waals surface area contributed by atoms with Crippen LogP contribution in [0.5, 0.6) is 0 Å². The lowest BCUT2D eigenvalue weighted by molar-refractivity contribution is -0.384. The van der Waals surface area contributed by atoms with Crippen LogP contribution in [0.3, 0.4) is 0 Å². The first-order chi connectivity index (χ1) is 7.70. The second-order valence-corrected chi connectivity index (χ2v) is 4.05. The summed E-state index contributed by atoms with van der Waals surface area (Å²) >= 11 is 1.25. The second kappa shape index (κ2) is 4.19. The van der Waals surface area contributed by atoms with Crippen molar-refractivity contribution >= 4 is 23.3 Å². The first-order valence-corrected chi connectivity index (χ1v) is 5.18. The molecule has 2 aromatic rings. The average Bonchev–Trinajstić information content (AvgIpc) is 2.77. The third-order valence-electron chi connectivity index (χ3n) is 1.96. The van der Waals surface area contributed by atoms with Crippen LogP contribution in [0.1, 0.15) is 9.67 Å². The number of thiazole rings is 1. The molecule has 0 atom stereocenters. The van der Waals surface area contributed by atoms with Gasteiger partial charge in [0.15, 0.2) is 6.29 Å². The topological polar surface area (TPSA) is 73.1 Å². The van der Waals surface area contributed by atoms with Crippen LogP contribution in [0.2, 0.25) is 0 Å². The summed E-state index contributed by atoms with van der Waals surface area (Å²) in [7, 11) is 0. The highest BCUT2D eigenvalue weighted by Gasteiger charge is 2.07. The van der Waals surface area contributed by atoms with Crippen LogP contribution < -0.4 is 0 Å². The van der Waals surface area contributed by atoms with Crippen molar-refractivity contribution in [3.8, 4) is 10.6 Å². The van der Waals surface area contributed by atoms with Crippen molar-refractivity contribution in [1.82, 2.24) is 4.98 Å². The summed E-state index contributed by atoms with van der Waals surface area (Å²) in [4.78, 5) is 25.0. The molecule has 0 fully saturated rings. The van der Waals surface area contributed by atoms with E-state index in [2.05, 4.69) is 4.98 Å². The predicted octanol–water partition coefficient (Wildman–Crippen LogP) is 2.53. The molecular formula is C10H6N2O3S. The molecule has 1 aromatic heterocycles. The zero-order valence-corrected chi connectivity index (χ0v) is 8.81. The van der Waals surface area contributed by atoms with Crippen molar-refractivity contribution in [2.75, 3.05) is 0 Å². The molecule has 0 aliphatic carbocycles. The van der Waals surface area contributed by atoms with Gasteiger partial charge in [0.1, 0.15) is 5.01 Å². The minimum Gasteiger partial charge on any atom is -0.297 e. The summed E-state index contributed by atoms with van der Waals surface area (Å²) in [6.45, 7) is 0. The minimum atomic E-state index is -0.456. The SMILES string of the molecule is O=Cc1cnc(-c2ccc([N+](=O)[O-])cc2)s1. The predicted molar refractivity (Wildman–Crippen MR) is 59.6 cm³/mol. The summed E-state index contributed by atoms with van der Waals surface area (Å²) in [5.74, 6) is 0. The quantitative estimate of drug-likeness (QED) is 0.464. The maximum atomic E-state index is 10.5. The van der Waals surface area contributed by atoms with E-state index in [0.29, 0.717) is 9.88 Å². The van der Waals surface area contributed by atoms with Gasteiger partial charge in [-0.3, -0.25) is 14.9 Å². The van der Waals surface area contributed by atoms with Crippen molar-refractivity contribution in [2.24, 2.45) is 0 Å². The molecule has 1 aromatic carbocycles. The lowest BCUT2D eigenvalue weighted by Crippen LogP contribution is -1.86. The Kier molecular flexibility index (Phi) is 2.74. The Balaban J connectivity index is 2.34. The van der Waals surface area contributed by atoms with Crippen LogP contribution in [-0.4, -0.2) is 16.2 Å². The third kappa shape index (κ3) is 1.96. The molecule has 0 amide bonds. The fourth-order valence-electron chi connectivity index (χ4n) is 1.20. The Bertz CT molecular complexity index is 533. The molecule has 0 aliphatic heterocycles. The summed E-state index contributed by atoms with van der Waals surface area (Å²) in [6, 6.07) is 6.06. The largest absolute Gasteiger partial charge is 0.297 e. The number of nitro groups is 1. The second-order valence-electron chi connectivity index (χ2n) is 2.99. The van der Waals surface area contributed by atoms with Gasteiger partial charge in [0.2, 0.25) is 0 Å². The van der Waals surface area contributed by atoms with Gasteiger partial charge in [-0.25, -0.2) is 4.98 Å². The number of nitro benzene ring substituents is 1. The van der Waals surface area contributed by atoms with Crippen molar-refractivity contribution < 1.29 is 9.72 Å². The lowest BCUT2D eigenvalue weighted by Gasteiger charge is -1.94. The molecule has 2 rings (SSSR count). The molecule has 0 saturated heterocycles. The van der Waals surface area contributed by atoms with Crippen LogP contribution in [-0.2, 0) is 0 Å². The normalized spacial score (nSPS) is 10.0. The Morgan fingerprint density at radius 2 is 2.00 bits per heavy atom. The van der Waals surface area contributed by atoms with E-state index < -0.39 is 4.92 Å². The molecule has 16 heavy (non-hydrogen) atoms. The number of non-ortho nitro benzene ring substituents is 1. The number of rotatable bonds is 3. The molecule has 0 aliphatic rings. The fourth-order valence-corrected chi connectivity index (χ4v) is 1.94. The minimum absolute atomic E-state index is 0.0379. The van der Waals surface area contributed by atoms with Crippen LogP contribution in [0, 0.1) is 10.1 Å². The molecule has 5 nitrogen and oxygen atoms in total. The highest BCUT2D eigenvalue weighted by atomic mass is 32.1. The Morgan fingerprint density at radius 3 is 2.50 bits per heavy atom. The Morgan fingerprint density at radius 1 is 1.31 bits per heavy atom. The van der Waals surface area contributed by atoms with Crippen molar-refractivity contribution in [2.45, 2.75) is 0 Å². The first-order valence-electron chi connectivity index (χ1n) is 4.36. The molecule has 0 saturated carbocycles. The van der Waals surface area contributed by atoms with E-state index in [1.54, 1.807) is 12.1 Å². The van der Waals surface area contributed by atoms with E-state index >= 15 is 0 Å². The van der Waals surface area contributed by atoms with Crippen molar-refractivity contribution in [3.05, 3.63) is 45.5 Å². The molecule has 0 radical (unpaired) electrons. The molecule has 0 unspecified atom stereocenters. The number of nitrogens with zero attached hydrogens (tertiary/aromatic N) is 2. The first kappa shape index (κ1) is 10.4. The number of hydrogen-bond acceptors (Lipinski definition) is 5. The summed E-state index contributed by atoms with van der Waals surface area (Å²) < 4.78 is 0. The van der Waals surface area contributed by atoms with Gasteiger partial charge in [-0.15, -0.1) is 11.3 Å². The van der Waals surface area contributed by atoms with Gasteiger partial charge in [-0.1, -0.05) is 0 Å². The molecule has 0 bridgehead atoms. The molecule has 6 heteroatoms. The number of benzene rings is 1. The van der Waals surface area contributed by atoms with Gasteiger partial charge in [0.05, 0.1) is 9.80 Å². The maximum Gasteiger partial charge on any atom is 0.269 e. The highest BCUT2D eigenvalue weighted by Crippen LogP contribution is 2.25.